The van der Waals surface area contributed by atoms with E-state index in [9.17, 15) is 5.48 Å². The lowest BCUT2D eigenvalue weighted by Gasteiger charge is -2.22. The molecule has 0 amide bonds. The third-order valence-electron chi connectivity index (χ3n) is 9.45. The minimum atomic E-state index is -0.281. The summed E-state index contributed by atoms with van der Waals surface area (Å²) in [5.41, 5.74) is 6.55. The molecule has 0 saturated heterocycles. The first-order chi connectivity index (χ1) is 22.7. The molecule has 0 unspecified atom stereocenters. The van der Waals surface area contributed by atoms with Crippen molar-refractivity contribution in [1.82, 2.24) is 0 Å². The number of benzene rings is 8. The zero-order valence-corrected chi connectivity index (χ0v) is 24.0. The lowest BCUT2D eigenvalue weighted by Crippen LogP contribution is -2.15. The van der Waals surface area contributed by atoms with E-state index in [1.807, 2.05) is 42.5 Å². The van der Waals surface area contributed by atoms with Gasteiger partial charge in [-0.25, -0.2) is 0 Å². The summed E-state index contributed by atoms with van der Waals surface area (Å²) in [5, 5.41) is 8.72. The highest BCUT2D eigenvalue weighted by molar-refractivity contribution is 6.16. The van der Waals surface area contributed by atoms with E-state index in [4.69, 9.17) is 0 Å². The van der Waals surface area contributed by atoms with Crippen LogP contribution in [0.3, 0.4) is 0 Å². The predicted octanol–water partition coefficient (Wildman–Crippen LogP) is 11.9. The number of hydrogen-bond donors (Lipinski definition) is 0. The van der Waals surface area contributed by atoms with E-state index in [0.29, 0.717) is 22.3 Å². The second-order valence-electron chi connectivity index (χ2n) is 12.3. The van der Waals surface area contributed by atoms with Crippen LogP contribution in [-0.2, 0) is 5.41 Å². The summed E-state index contributed by atoms with van der Waals surface area (Å²) in [4.78, 5) is 0. The molecule has 202 valence electrons. The first kappa shape index (κ1) is 20.6. The molecule has 8 aromatic carbocycles. The van der Waals surface area contributed by atoms with Crippen LogP contribution in [0.15, 0.2) is 145 Å². The largest absolute Gasteiger partial charge is 0.0629 e. The van der Waals surface area contributed by atoms with E-state index in [-0.39, 0.29) is 29.6 Å². The van der Waals surface area contributed by atoms with Gasteiger partial charge in [0.05, 0.1) is 5.48 Å². The second-order valence-corrected chi connectivity index (χ2v) is 12.3. The molecule has 0 bridgehead atoms. The first-order valence-corrected chi connectivity index (χ1v) is 14.9. The molecular formula is C43H30. The molecule has 0 spiro atoms. The molecule has 0 atom stereocenters. The van der Waals surface area contributed by atoms with E-state index in [2.05, 4.69) is 92.7 Å². The molecule has 0 heteroatoms. The Bertz CT molecular complexity index is 2620. The third kappa shape index (κ3) is 3.63. The summed E-state index contributed by atoms with van der Waals surface area (Å²) >= 11 is 0. The molecule has 1 aliphatic carbocycles. The molecule has 0 nitrogen and oxygen atoms in total. The average molecular weight is 551 g/mol. The van der Waals surface area contributed by atoms with Crippen LogP contribution in [0.1, 0.15) is 30.5 Å². The van der Waals surface area contributed by atoms with Gasteiger partial charge in [-0.3, -0.25) is 0 Å². The van der Waals surface area contributed by atoms with Crippen LogP contribution >= 0.6 is 0 Å². The van der Waals surface area contributed by atoms with E-state index < -0.39 is 0 Å². The van der Waals surface area contributed by atoms with Crippen molar-refractivity contribution in [2.45, 2.75) is 19.3 Å². The maximum Gasteiger partial charge on any atom is 0.0629 e. The summed E-state index contributed by atoms with van der Waals surface area (Å²) in [6, 6.07) is 41.7. The average Bonchev–Trinajstić information content (AvgIpc) is 3.30. The fourth-order valence-corrected chi connectivity index (χ4v) is 7.17. The predicted molar refractivity (Wildman–Crippen MR) is 185 cm³/mol. The minimum Gasteiger partial charge on any atom is -0.0616 e. The molecule has 0 aliphatic heterocycles. The van der Waals surface area contributed by atoms with Gasteiger partial charge < -0.3 is 0 Å². The maximum atomic E-state index is 9.30. The van der Waals surface area contributed by atoms with Crippen molar-refractivity contribution in [3.05, 3.63) is 157 Å². The van der Waals surface area contributed by atoms with Gasteiger partial charge >= 0.3 is 0 Å². The van der Waals surface area contributed by atoms with Gasteiger partial charge in [-0.05, 0) is 124 Å². The third-order valence-corrected chi connectivity index (χ3v) is 9.45. The van der Waals surface area contributed by atoms with Crippen LogP contribution in [0.25, 0.3) is 76.5 Å². The number of rotatable bonds is 2. The summed E-state index contributed by atoms with van der Waals surface area (Å²) in [5.74, 6) is 0. The van der Waals surface area contributed by atoms with Crippen molar-refractivity contribution in [3.63, 3.8) is 0 Å². The Morgan fingerprint density at radius 1 is 0.395 bits per heavy atom. The normalized spacial score (nSPS) is 14.8. The molecule has 0 radical (unpaired) electrons. The van der Waals surface area contributed by atoms with Gasteiger partial charge in [0.1, 0.15) is 0 Å². The Morgan fingerprint density at radius 3 is 1.70 bits per heavy atom. The molecule has 0 aromatic heterocycles. The SMILES string of the molecule is [2H]c1c([2H])c(-c2cc3cc4ccccc4cc3c3ccccc23)c([2H])c([2H])c1-c1ccc2c(c1)C(C)(C)c1cc3ccccc3cc1-2. The van der Waals surface area contributed by atoms with Gasteiger partial charge in [0.15, 0.2) is 0 Å². The lowest BCUT2D eigenvalue weighted by atomic mass is 9.81. The van der Waals surface area contributed by atoms with E-state index in [0.717, 1.165) is 43.4 Å². The van der Waals surface area contributed by atoms with Gasteiger partial charge in [0.2, 0.25) is 0 Å². The minimum absolute atomic E-state index is 0.0253. The smallest absolute Gasteiger partial charge is 0.0616 e. The lowest BCUT2D eigenvalue weighted by molar-refractivity contribution is 0.661. The van der Waals surface area contributed by atoms with Crippen LogP contribution in [0.4, 0.5) is 0 Å². The number of hydrogen-bond acceptors (Lipinski definition) is 0. The van der Waals surface area contributed by atoms with Crippen molar-refractivity contribution in [2.24, 2.45) is 0 Å². The van der Waals surface area contributed by atoms with Crippen molar-refractivity contribution in [1.29, 1.82) is 0 Å². The van der Waals surface area contributed by atoms with Gasteiger partial charge in [-0.1, -0.05) is 123 Å². The summed E-state index contributed by atoms with van der Waals surface area (Å²) in [6.07, 6.45) is 0. The Hall–Kier alpha value is -5.20. The Kier molecular flexibility index (Phi) is 4.27. The zero-order chi connectivity index (χ0) is 32.2. The van der Waals surface area contributed by atoms with Crippen LogP contribution in [0, 0.1) is 0 Å². The highest BCUT2D eigenvalue weighted by atomic mass is 14.4. The van der Waals surface area contributed by atoms with Crippen LogP contribution in [-0.4, -0.2) is 0 Å². The first-order valence-electron chi connectivity index (χ1n) is 16.9. The molecular weight excluding hydrogens is 516 g/mol. The molecule has 8 aromatic rings. The Labute approximate surface area is 257 Å². The number of fused-ring (bicyclic) bond motifs is 8. The monoisotopic (exact) mass is 550 g/mol. The van der Waals surface area contributed by atoms with Gasteiger partial charge in [0.25, 0.3) is 0 Å². The topological polar surface area (TPSA) is 0 Å². The molecule has 9 rings (SSSR count). The Morgan fingerprint density at radius 2 is 0.953 bits per heavy atom. The molecule has 1 aliphatic rings. The molecule has 0 N–H and O–H groups in total. The second kappa shape index (κ2) is 8.90. The van der Waals surface area contributed by atoms with Gasteiger partial charge in [0, 0.05) is 5.41 Å². The van der Waals surface area contributed by atoms with E-state index >= 15 is 0 Å². The van der Waals surface area contributed by atoms with E-state index in [1.165, 1.54) is 21.9 Å². The fourth-order valence-electron chi connectivity index (χ4n) is 7.17. The van der Waals surface area contributed by atoms with Gasteiger partial charge in [-0.15, -0.1) is 0 Å². The summed E-state index contributed by atoms with van der Waals surface area (Å²) in [7, 11) is 0. The van der Waals surface area contributed by atoms with Crippen LogP contribution in [0.5, 0.6) is 0 Å². The Balaban J connectivity index is 1.25. The molecule has 0 saturated carbocycles. The van der Waals surface area contributed by atoms with Crippen molar-refractivity contribution in [3.8, 4) is 33.4 Å². The summed E-state index contributed by atoms with van der Waals surface area (Å²) in [6.45, 7) is 4.45. The van der Waals surface area contributed by atoms with Crippen molar-refractivity contribution in [2.75, 3.05) is 0 Å². The zero-order valence-electron chi connectivity index (χ0n) is 28.0. The highest BCUT2D eigenvalue weighted by Crippen LogP contribution is 2.51. The van der Waals surface area contributed by atoms with Crippen molar-refractivity contribution >= 4 is 43.1 Å². The fraction of sp³-hybridized carbons (Fsp3) is 0.0698. The van der Waals surface area contributed by atoms with Crippen molar-refractivity contribution < 1.29 is 5.48 Å². The highest BCUT2D eigenvalue weighted by Gasteiger charge is 2.35. The van der Waals surface area contributed by atoms with E-state index in [1.54, 1.807) is 0 Å². The summed E-state index contributed by atoms with van der Waals surface area (Å²) < 4.78 is 37.1. The van der Waals surface area contributed by atoms with Crippen LogP contribution < -0.4 is 0 Å². The molecule has 0 heterocycles. The standard InChI is InChI=1S/C43H30/c1-43(2)41-26-33(19-20-37(41)40-23-31-11-5-6-12-32(31)25-42(40)43)27-15-17-28(18-16-27)38-24-34-21-29-9-3-4-10-30(29)22-39(34)36-14-8-7-13-35(36)38/h3-26H,1-2H3/i15D,16D,17D,18D. The van der Waals surface area contributed by atoms with Gasteiger partial charge in [-0.2, -0.15) is 0 Å². The quantitative estimate of drug-likeness (QED) is 0.148. The maximum absolute atomic E-state index is 9.30. The van der Waals surface area contributed by atoms with Crippen LogP contribution in [0.2, 0.25) is 0 Å². The molecule has 0 fully saturated rings. The molecule has 43 heavy (non-hydrogen) atoms.